The zero-order valence-electron chi connectivity index (χ0n) is 16.0. The Morgan fingerprint density at radius 1 is 1.14 bits per heavy atom. The molecule has 1 aromatic carbocycles. The standard InChI is InChI=1S/C21H25N3O3S/c1-27-19-5-3-18(4-6-19)21(26)22-9-10-23-11-13-24(14-12-23)20(25)7-2-17-8-15-28-16-17/h2-8,15-16H,9-14H2,1H3,(H,22,26)/b7-2+. The topological polar surface area (TPSA) is 61.9 Å². The Kier molecular flexibility index (Phi) is 7.22. The second-order valence-electron chi connectivity index (χ2n) is 6.54. The number of thiophene rings is 1. The van der Waals surface area contributed by atoms with Crippen molar-refractivity contribution in [3.8, 4) is 5.75 Å². The van der Waals surface area contributed by atoms with Crippen molar-refractivity contribution >= 4 is 29.2 Å². The van der Waals surface area contributed by atoms with Gasteiger partial charge in [-0.2, -0.15) is 11.3 Å². The van der Waals surface area contributed by atoms with Gasteiger partial charge < -0.3 is 15.0 Å². The lowest BCUT2D eigenvalue weighted by Gasteiger charge is -2.34. The number of piperazine rings is 1. The third-order valence-corrected chi connectivity index (χ3v) is 5.41. The largest absolute Gasteiger partial charge is 0.497 e. The number of methoxy groups -OCH3 is 1. The fraction of sp³-hybridized carbons (Fsp3) is 0.333. The van der Waals surface area contributed by atoms with Gasteiger partial charge in [-0.25, -0.2) is 0 Å². The molecule has 0 atom stereocenters. The molecule has 0 saturated carbocycles. The second-order valence-corrected chi connectivity index (χ2v) is 7.32. The molecule has 1 aliphatic rings. The molecule has 6 nitrogen and oxygen atoms in total. The third kappa shape index (κ3) is 5.68. The lowest BCUT2D eigenvalue weighted by molar-refractivity contribution is -0.127. The zero-order valence-corrected chi connectivity index (χ0v) is 16.8. The van der Waals surface area contributed by atoms with Crippen LogP contribution in [0.2, 0.25) is 0 Å². The first-order valence-electron chi connectivity index (χ1n) is 9.29. The SMILES string of the molecule is COc1ccc(C(=O)NCCN2CCN(C(=O)/C=C/c3ccsc3)CC2)cc1. The van der Waals surface area contributed by atoms with Crippen LogP contribution in [0.3, 0.4) is 0 Å². The number of amides is 2. The maximum Gasteiger partial charge on any atom is 0.251 e. The van der Waals surface area contributed by atoms with Crippen LogP contribution in [0.15, 0.2) is 47.2 Å². The second kappa shape index (κ2) is 10.1. The van der Waals surface area contributed by atoms with Crippen LogP contribution in [-0.4, -0.2) is 68.0 Å². The normalized spacial score (nSPS) is 15.0. The summed E-state index contributed by atoms with van der Waals surface area (Å²) in [5.41, 5.74) is 1.68. The van der Waals surface area contributed by atoms with E-state index in [4.69, 9.17) is 4.74 Å². The smallest absolute Gasteiger partial charge is 0.251 e. The lowest BCUT2D eigenvalue weighted by atomic mass is 10.2. The molecule has 2 heterocycles. The van der Waals surface area contributed by atoms with Crippen LogP contribution in [0.4, 0.5) is 0 Å². The van der Waals surface area contributed by atoms with Crippen molar-refractivity contribution in [2.45, 2.75) is 0 Å². The van der Waals surface area contributed by atoms with Gasteiger partial charge in [-0.1, -0.05) is 0 Å². The number of nitrogens with one attached hydrogen (secondary N) is 1. The van der Waals surface area contributed by atoms with Gasteiger partial charge in [0.1, 0.15) is 5.75 Å². The minimum atomic E-state index is -0.0879. The maximum atomic E-state index is 12.3. The van der Waals surface area contributed by atoms with E-state index in [9.17, 15) is 9.59 Å². The van der Waals surface area contributed by atoms with Gasteiger partial charge in [-0.15, -0.1) is 0 Å². The monoisotopic (exact) mass is 399 g/mol. The van der Waals surface area contributed by atoms with Crippen LogP contribution in [0, 0.1) is 0 Å². The molecule has 0 spiro atoms. The van der Waals surface area contributed by atoms with Crippen molar-refractivity contribution in [3.63, 3.8) is 0 Å². The molecule has 0 radical (unpaired) electrons. The average Bonchev–Trinajstić information content (AvgIpc) is 3.26. The van der Waals surface area contributed by atoms with E-state index in [1.54, 1.807) is 48.8 Å². The fourth-order valence-electron chi connectivity index (χ4n) is 3.01. The molecule has 0 aliphatic carbocycles. The Morgan fingerprint density at radius 2 is 1.89 bits per heavy atom. The van der Waals surface area contributed by atoms with E-state index in [0.717, 1.165) is 30.9 Å². The number of ether oxygens (including phenoxy) is 1. The van der Waals surface area contributed by atoms with Crippen molar-refractivity contribution in [2.75, 3.05) is 46.4 Å². The van der Waals surface area contributed by atoms with Crippen LogP contribution in [0.1, 0.15) is 15.9 Å². The molecule has 1 aliphatic heterocycles. The van der Waals surface area contributed by atoms with Gasteiger partial charge in [0.15, 0.2) is 0 Å². The van der Waals surface area contributed by atoms with E-state index in [0.29, 0.717) is 25.2 Å². The van der Waals surface area contributed by atoms with Gasteiger partial charge in [0.05, 0.1) is 7.11 Å². The van der Waals surface area contributed by atoms with Crippen LogP contribution in [0.25, 0.3) is 6.08 Å². The molecule has 3 rings (SSSR count). The van der Waals surface area contributed by atoms with Gasteiger partial charge in [0, 0.05) is 50.9 Å². The molecule has 1 N–H and O–H groups in total. The van der Waals surface area contributed by atoms with Gasteiger partial charge in [0.2, 0.25) is 5.91 Å². The summed E-state index contributed by atoms with van der Waals surface area (Å²) in [7, 11) is 1.60. The van der Waals surface area contributed by atoms with Crippen molar-refractivity contribution in [1.29, 1.82) is 0 Å². The number of carbonyl (C=O) groups is 2. The van der Waals surface area contributed by atoms with E-state index < -0.39 is 0 Å². The predicted octanol–water partition coefficient (Wildman–Crippen LogP) is 2.34. The first kappa shape index (κ1) is 20.1. The average molecular weight is 400 g/mol. The van der Waals surface area contributed by atoms with Gasteiger partial charge in [-0.3, -0.25) is 14.5 Å². The van der Waals surface area contributed by atoms with Crippen molar-refractivity contribution < 1.29 is 14.3 Å². The lowest BCUT2D eigenvalue weighted by Crippen LogP contribution is -2.49. The number of benzene rings is 1. The molecular weight excluding hydrogens is 374 g/mol. The highest BCUT2D eigenvalue weighted by Crippen LogP contribution is 2.11. The maximum absolute atomic E-state index is 12.3. The van der Waals surface area contributed by atoms with Crippen LogP contribution in [-0.2, 0) is 4.79 Å². The van der Waals surface area contributed by atoms with Crippen molar-refractivity contribution in [3.05, 3.63) is 58.3 Å². The summed E-state index contributed by atoms with van der Waals surface area (Å²) in [4.78, 5) is 28.6. The Balaban J connectivity index is 1.36. The van der Waals surface area contributed by atoms with Crippen molar-refractivity contribution in [2.24, 2.45) is 0 Å². The molecule has 2 amide bonds. The molecule has 1 aromatic heterocycles. The number of carbonyl (C=O) groups excluding carboxylic acids is 2. The van der Waals surface area contributed by atoms with Crippen LogP contribution in [0.5, 0.6) is 5.75 Å². The Labute approximate surface area is 169 Å². The number of nitrogens with zero attached hydrogens (tertiary/aromatic N) is 2. The van der Waals surface area contributed by atoms with Crippen molar-refractivity contribution in [1.82, 2.24) is 15.1 Å². The Hall–Kier alpha value is -2.64. The molecule has 0 unspecified atom stereocenters. The summed E-state index contributed by atoms with van der Waals surface area (Å²) in [6, 6.07) is 9.05. The third-order valence-electron chi connectivity index (χ3n) is 4.71. The van der Waals surface area contributed by atoms with E-state index >= 15 is 0 Å². The summed E-state index contributed by atoms with van der Waals surface area (Å²) < 4.78 is 5.10. The molecular formula is C21H25N3O3S. The highest BCUT2D eigenvalue weighted by atomic mass is 32.1. The van der Waals surface area contributed by atoms with E-state index in [1.165, 1.54) is 0 Å². The molecule has 1 fully saturated rings. The number of rotatable bonds is 7. The van der Waals surface area contributed by atoms with Gasteiger partial charge in [0.25, 0.3) is 5.91 Å². The molecule has 1 saturated heterocycles. The minimum Gasteiger partial charge on any atom is -0.497 e. The highest BCUT2D eigenvalue weighted by molar-refractivity contribution is 7.08. The number of hydrogen-bond donors (Lipinski definition) is 1. The predicted molar refractivity (Wildman–Crippen MR) is 112 cm³/mol. The molecule has 148 valence electrons. The Bertz CT molecular complexity index is 795. The first-order chi connectivity index (χ1) is 13.7. The summed E-state index contributed by atoms with van der Waals surface area (Å²) >= 11 is 1.62. The van der Waals surface area contributed by atoms with Crippen LogP contribution < -0.4 is 10.1 Å². The van der Waals surface area contributed by atoms with E-state index in [-0.39, 0.29) is 11.8 Å². The van der Waals surface area contributed by atoms with Gasteiger partial charge in [-0.05, 0) is 52.7 Å². The molecule has 2 aromatic rings. The first-order valence-corrected chi connectivity index (χ1v) is 10.2. The quantitative estimate of drug-likeness (QED) is 0.726. The molecule has 7 heteroatoms. The van der Waals surface area contributed by atoms with Gasteiger partial charge >= 0.3 is 0 Å². The van der Waals surface area contributed by atoms with E-state index in [1.807, 2.05) is 27.8 Å². The van der Waals surface area contributed by atoms with Crippen LogP contribution >= 0.6 is 11.3 Å². The number of hydrogen-bond acceptors (Lipinski definition) is 5. The fourth-order valence-corrected chi connectivity index (χ4v) is 3.64. The summed E-state index contributed by atoms with van der Waals surface area (Å²) in [5.74, 6) is 0.697. The highest BCUT2D eigenvalue weighted by Gasteiger charge is 2.19. The minimum absolute atomic E-state index is 0.0543. The Morgan fingerprint density at radius 3 is 2.54 bits per heavy atom. The van der Waals surface area contributed by atoms with E-state index in [2.05, 4.69) is 10.2 Å². The summed E-state index contributed by atoms with van der Waals surface area (Å²) in [5, 5.41) is 6.95. The summed E-state index contributed by atoms with van der Waals surface area (Å²) in [6.45, 7) is 4.40. The zero-order chi connectivity index (χ0) is 19.8. The molecule has 0 bridgehead atoms. The summed E-state index contributed by atoms with van der Waals surface area (Å²) in [6.07, 6.45) is 3.51. The molecule has 28 heavy (non-hydrogen) atoms.